The van der Waals surface area contributed by atoms with Crippen LogP contribution in [0, 0.1) is 0 Å². The van der Waals surface area contributed by atoms with E-state index in [-0.39, 0.29) is 0 Å². The molecule has 3 aliphatic heterocycles. The van der Waals surface area contributed by atoms with Gasteiger partial charge in [0.2, 0.25) is 0 Å². The van der Waals surface area contributed by atoms with Gasteiger partial charge in [-0.05, 0) is 5.75 Å². The van der Waals surface area contributed by atoms with Crippen molar-refractivity contribution in [2.24, 2.45) is 0 Å². The summed E-state index contributed by atoms with van der Waals surface area (Å²) in [5, 5.41) is 3.01. The van der Waals surface area contributed by atoms with Crippen molar-refractivity contribution in [3.63, 3.8) is 0 Å². The Labute approximate surface area is 144 Å². The van der Waals surface area contributed by atoms with Crippen molar-refractivity contribution < 1.29 is 0 Å². The van der Waals surface area contributed by atoms with Gasteiger partial charge in [0.25, 0.3) is 0 Å². The molecule has 3 saturated heterocycles. The van der Waals surface area contributed by atoms with Crippen molar-refractivity contribution in [3.8, 4) is 0 Å². The Morgan fingerprint density at radius 2 is 1.37 bits per heavy atom. The summed E-state index contributed by atoms with van der Waals surface area (Å²) in [6.07, 6.45) is 0. The summed E-state index contributed by atoms with van der Waals surface area (Å²) in [6.45, 7) is 2.22. The fourth-order valence-corrected chi connectivity index (χ4v) is 8.44. The standard InChI is InChI=1S/C8H14S4.C5H10S2/c1-2-11-7(3-9-1)4-10-5-8-6-12-8;1-2-6-3-5-4-7-5/h7-8H,1-6H2;5H,2-4H2,1H3. The largest absolute Gasteiger partial charge is 0.161 e. The highest BCUT2D eigenvalue weighted by Crippen LogP contribution is 2.34. The van der Waals surface area contributed by atoms with Crippen LogP contribution >= 0.6 is 70.6 Å². The molecule has 3 unspecified atom stereocenters. The van der Waals surface area contributed by atoms with Gasteiger partial charge in [-0.3, -0.25) is 0 Å². The van der Waals surface area contributed by atoms with Crippen LogP contribution in [0.2, 0.25) is 0 Å². The highest BCUT2D eigenvalue weighted by Gasteiger charge is 2.23. The van der Waals surface area contributed by atoms with E-state index in [0.717, 1.165) is 15.7 Å². The van der Waals surface area contributed by atoms with E-state index in [1.165, 1.54) is 51.8 Å². The van der Waals surface area contributed by atoms with E-state index in [4.69, 9.17) is 0 Å². The molecule has 6 heteroatoms. The molecule has 3 aliphatic rings. The fourth-order valence-electron chi connectivity index (χ4n) is 1.54. The fraction of sp³-hybridized carbons (Fsp3) is 1.00. The molecular weight excluding hydrogens is 349 g/mol. The third-order valence-corrected chi connectivity index (χ3v) is 10.5. The highest BCUT2D eigenvalue weighted by molar-refractivity contribution is 8.10. The van der Waals surface area contributed by atoms with Crippen LogP contribution in [-0.4, -0.2) is 67.5 Å². The average Bonchev–Trinajstić information content (AvgIpc) is 3.33. The van der Waals surface area contributed by atoms with Gasteiger partial charge in [-0.25, -0.2) is 0 Å². The third-order valence-electron chi connectivity index (χ3n) is 2.81. The smallest absolute Gasteiger partial charge is 0.0229 e. The predicted molar refractivity (Wildman–Crippen MR) is 106 cm³/mol. The Morgan fingerprint density at radius 3 is 1.84 bits per heavy atom. The van der Waals surface area contributed by atoms with E-state index >= 15 is 0 Å². The molecule has 3 atom stereocenters. The van der Waals surface area contributed by atoms with Crippen molar-refractivity contribution in [2.75, 3.05) is 51.8 Å². The van der Waals surface area contributed by atoms with Crippen molar-refractivity contribution in [1.82, 2.24) is 0 Å². The summed E-state index contributed by atoms with van der Waals surface area (Å²) in [5.41, 5.74) is 0. The second-order valence-electron chi connectivity index (χ2n) is 4.68. The lowest BCUT2D eigenvalue weighted by atomic mass is 10.5. The molecule has 3 fully saturated rings. The first-order valence-electron chi connectivity index (χ1n) is 6.96. The molecule has 112 valence electrons. The average molecular weight is 373 g/mol. The number of thioether (sulfide) groups is 6. The molecule has 0 nitrogen and oxygen atoms in total. The summed E-state index contributed by atoms with van der Waals surface area (Å²) >= 11 is 12.8. The molecule has 0 spiro atoms. The SMILES string of the molecule is C1CSC(CSCC2CS2)CS1.CCSCC1CS1. The molecule has 0 aromatic heterocycles. The zero-order valence-electron chi connectivity index (χ0n) is 11.5. The molecule has 0 bridgehead atoms. The van der Waals surface area contributed by atoms with Crippen LogP contribution in [0.3, 0.4) is 0 Å². The minimum Gasteiger partial charge on any atom is -0.161 e. The van der Waals surface area contributed by atoms with Gasteiger partial charge >= 0.3 is 0 Å². The van der Waals surface area contributed by atoms with Gasteiger partial charge in [0.05, 0.1) is 0 Å². The van der Waals surface area contributed by atoms with Gasteiger partial charge in [-0.1, -0.05) is 6.92 Å². The molecular formula is C13H24S6. The lowest BCUT2D eigenvalue weighted by molar-refractivity contribution is 1.12. The van der Waals surface area contributed by atoms with Crippen LogP contribution in [0.4, 0.5) is 0 Å². The number of rotatable bonds is 7. The Kier molecular flexibility index (Phi) is 9.89. The Bertz CT molecular complexity index is 223. The minimum atomic E-state index is 0.956. The molecule has 3 heterocycles. The van der Waals surface area contributed by atoms with Crippen LogP contribution < -0.4 is 0 Å². The van der Waals surface area contributed by atoms with Crippen LogP contribution in [0.15, 0.2) is 0 Å². The van der Waals surface area contributed by atoms with E-state index in [2.05, 4.69) is 77.5 Å². The summed E-state index contributed by atoms with van der Waals surface area (Å²) in [5.74, 6) is 12.5. The molecule has 0 N–H and O–H groups in total. The van der Waals surface area contributed by atoms with Crippen molar-refractivity contribution in [1.29, 1.82) is 0 Å². The third kappa shape index (κ3) is 9.67. The van der Waals surface area contributed by atoms with Crippen molar-refractivity contribution >= 4 is 70.6 Å². The lowest BCUT2D eigenvalue weighted by Crippen LogP contribution is -2.16. The second-order valence-corrected chi connectivity index (χ2v) is 12.3. The van der Waals surface area contributed by atoms with E-state index < -0.39 is 0 Å². The van der Waals surface area contributed by atoms with Crippen molar-refractivity contribution in [3.05, 3.63) is 0 Å². The molecule has 3 rings (SSSR count). The summed E-state index contributed by atoms with van der Waals surface area (Å²) in [6, 6.07) is 0. The topological polar surface area (TPSA) is 0 Å². The molecule has 0 aromatic carbocycles. The lowest BCUT2D eigenvalue weighted by Gasteiger charge is -2.20. The molecule has 19 heavy (non-hydrogen) atoms. The quantitative estimate of drug-likeness (QED) is 0.597. The molecule has 0 aliphatic carbocycles. The maximum Gasteiger partial charge on any atom is 0.0229 e. The maximum absolute atomic E-state index is 2.22. The zero-order valence-corrected chi connectivity index (χ0v) is 16.4. The van der Waals surface area contributed by atoms with Crippen LogP contribution in [0.25, 0.3) is 0 Å². The van der Waals surface area contributed by atoms with Gasteiger partial charge < -0.3 is 0 Å². The van der Waals surface area contributed by atoms with Gasteiger partial charge in [-0.2, -0.15) is 70.6 Å². The Morgan fingerprint density at radius 1 is 0.789 bits per heavy atom. The second kappa shape index (κ2) is 10.8. The predicted octanol–water partition coefficient (Wildman–Crippen LogP) is 4.54. The van der Waals surface area contributed by atoms with E-state index in [1.54, 1.807) is 0 Å². The van der Waals surface area contributed by atoms with Gasteiger partial charge in [0.1, 0.15) is 0 Å². The van der Waals surface area contributed by atoms with Crippen LogP contribution in [-0.2, 0) is 0 Å². The van der Waals surface area contributed by atoms with Gasteiger partial charge in [0.15, 0.2) is 0 Å². The minimum absolute atomic E-state index is 0.956. The number of hydrogen-bond acceptors (Lipinski definition) is 6. The molecule has 0 amide bonds. The summed E-state index contributed by atoms with van der Waals surface area (Å²) < 4.78 is 0. The summed E-state index contributed by atoms with van der Waals surface area (Å²) in [4.78, 5) is 0. The molecule has 0 aromatic rings. The molecule has 0 saturated carbocycles. The van der Waals surface area contributed by atoms with Crippen LogP contribution in [0.1, 0.15) is 6.92 Å². The Balaban J connectivity index is 0.000000163. The first-order valence-corrected chi connectivity index (χ1v) is 13.6. The zero-order chi connectivity index (χ0) is 13.3. The number of hydrogen-bond donors (Lipinski definition) is 0. The Hall–Kier alpha value is 2.10. The van der Waals surface area contributed by atoms with E-state index in [9.17, 15) is 0 Å². The van der Waals surface area contributed by atoms with Crippen molar-refractivity contribution in [2.45, 2.75) is 22.7 Å². The van der Waals surface area contributed by atoms with Crippen LogP contribution in [0.5, 0.6) is 0 Å². The first-order chi connectivity index (χ1) is 9.38. The molecule has 0 radical (unpaired) electrons. The van der Waals surface area contributed by atoms with Gasteiger partial charge in [-0.15, -0.1) is 0 Å². The van der Waals surface area contributed by atoms with E-state index in [1.807, 2.05) is 0 Å². The highest BCUT2D eigenvalue weighted by atomic mass is 32.2. The first kappa shape index (κ1) is 17.5. The maximum atomic E-state index is 2.22. The monoisotopic (exact) mass is 372 g/mol. The van der Waals surface area contributed by atoms with Gasteiger partial charge in [0, 0.05) is 61.8 Å². The van der Waals surface area contributed by atoms with E-state index in [0.29, 0.717) is 0 Å². The normalized spacial score (nSPS) is 32.4. The summed E-state index contributed by atoms with van der Waals surface area (Å²) in [7, 11) is 0.